The number of rotatable bonds is 5. The molecule has 5 nitrogen and oxygen atoms in total. The highest BCUT2D eigenvalue weighted by Gasteiger charge is 2.27. The van der Waals surface area contributed by atoms with Crippen LogP contribution in [-0.4, -0.2) is 39.8 Å². The second-order valence-electron chi connectivity index (χ2n) is 5.93. The van der Waals surface area contributed by atoms with Crippen molar-refractivity contribution < 1.29 is 9.32 Å². The number of carbonyl (C=O) groups excluding carboxylic acids is 1. The summed E-state index contributed by atoms with van der Waals surface area (Å²) in [5.74, 6) is 2.83. The molecule has 1 aromatic carbocycles. The third-order valence-corrected chi connectivity index (χ3v) is 5.46. The number of aromatic nitrogens is 2. The number of nitrogens with zero attached hydrogens (tertiary/aromatic N) is 3. The van der Waals surface area contributed by atoms with E-state index in [2.05, 4.69) is 10.1 Å². The molecule has 1 aliphatic rings. The van der Waals surface area contributed by atoms with Crippen molar-refractivity contribution in [3.63, 3.8) is 0 Å². The van der Waals surface area contributed by atoms with Crippen molar-refractivity contribution in [1.82, 2.24) is 15.0 Å². The Balaban J connectivity index is 1.50. The molecule has 0 aliphatic carbocycles. The van der Waals surface area contributed by atoms with Gasteiger partial charge in [0.15, 0.2) is 5.82 Å². The molecule has 2 aromatic rings. The molecule has 1 fully saturated rings. The Morgan fingerprint density at radius 2 is 2.29 bits per heavy atom. The van der Waals surface area contributed by atoms with Gasteiger partial charge in [0.1, 0.15) is 0 Å². The zero-order valence-corrected chi connectivity index (χ0v) is 15.1. The molecule has 0 spiro atoms. The van der Waals surface area contributed by atoms with Gasteiger partial charge in [-0.25, -0.2) is 0 Å². The van der Waals surface area contributed by atoms with Gasteiger partial charge in [-0.3, -0.25) is 4.79 Å². The summed E-state index contributed by atoms with van der Waals surface area (Å²) >= 11 is 7.74. The Morgan fingerprint density at radius 1 is 1.46 bits per heavy atom. The fourth-order valence-electron chi connectivity index (χ4n) is 2.85. The first-order valence-corrected chi connectivity index (χ1v) is 9.56. The Hall–Kier alpha value is -1.53. The van der Waals surface area contributed by atoms with Gasteiger partial charge in [-0.2, -0.15) is 4.98 Å². The molecule has 1 aromatic heterocycles. The fourth-order valence-corrected chi connectivity index (χ4v) is 4.06. The SMILES string of the molecule is Cc1nc([C@H]2CCCN(C(=O)CSCc3ccccc3Cl)C2)no1. The molecule has 3 rings (SSSR count). The van der Waals surface area contributed by atoms with Crippen LogP contribution in [0.15, 0.2) is 28.8 Å². The molecular formula is C17H20ClN3O2S. The number of amides is 1. The number of benzene rings is 1. The maximum Gasteiger partial charge on any atom is 0.232 e. The fraction of sp³-hybridized carbons (Fsp3) is 0.471. The maximum absolute atomic E-state index is 12.5. The van der Waals surface area contributed by atoms with E-state index in [0.29, 0.717) is 24.0 Å². The van der Waals surface area contributed by atoms with Crippen LogP contribution in [0.3, 0.4) is 0 Å². The number of piperidine rings is 1. The Labute approximate surface area is 150 Å². The minimum absolute atomic E-state index is 0.164. The van der Waals surface area contributed by atoms with Gasteiger partial charge in [-0.05, 0) is 24.5 Å². The average molecular weight is 366 g/mol. The quantitative estimate of drug-likeness (QED) is 0.809. The molecule has 0 N–H and O–H groups in total. The number of carbonyl (C=O) groups is 1. The summed E-state index contributed by atoms with van der Waals surface area (Å²) in [6, 6.07) is 7.75. The average Bonchev–Trinajstić information content (AvgIpc) is 3.03. The summed E-state index contributed by atoms with van der Waals surface area (Å²) < 4.78 is 5.06. The van der Waals surface area contributed by atoms with Crippen LogP contribution in [0.5, 0.6) is 0 Å². The second kappa shape index (κ2) is 8.03. The van der Waals surface area contributed by atoms with Crippen LogP contribution >= 0.6 is 23.4 Å². The normalized spacial score (nSPS) is 17.9. The van der Waals surface area contributed by atoms with Crippen molar-refractivity contribution >= 4 is 29.3 Å². The first kappa shape index (κ1) is 17.3. The summed E-state index contributed by atoms with van der Waals surface area (Å²) in [5, 5.41) is 4.75. The zero-order valence-electron chi connectivity index (χ0n) is 13.6. The summed E-state index contributed by atoms with van der Waals surface area (Å²) in [7, 11) is 0. The van der Waals surface area contributed by atoms with E-state index in [0.717, 1.165) is 35.7 Å². The second-order valence-corrected chi connectivity index (χ2v) is 7.33. The van der Waals surface area contributed by atoms with E-state index in [-0.39, 0.29) is 11.8 Å². The van der Waals surface area contributed by atoms with Crippen molar-refractivity contribution in [3.8, 4) is 0 Å². The lowest BCUT2D eigenvalue weighted by atomic mass is 9.97. The van der Waals surface area contributed by atoms with Crippen LogP contribution in [-0.2, 0) is 10.5 Å². The van der Waals surface area contributed by atoms with Crippen LogP contribution in [0.1, 0.15) is 36.0 Å². The van der Waals surface area contributed by atoms with Crippen LogP contribution in [0.25, 0.3) is 0 Å². The van der Waals surface area contributed by atoms with Crippen LogP contribution in [0.2, 0.25) is 5.02 Å². The minimum atomic E-state index is 0.164. The molecule has 1 saturated heterocycles. The summed E-state index contributed by atoms with van der Waals surface area (Å²) in [6.07, 6.45) is 1.97. The highest BCUT2D eigenvalue weighted by molar-refractivity contribution is 7.99. The monoisotopic (exact) mass is 365 g/mol. The predicted molar refractivity (Wildman–Crippen MR) is 95.2 cm³/mol. The molecule has 0 saturated carbocycles. The molecular weight excluding hydrogens is 346 g/mol. The minimum Gasteiger partial charge on any atom is -0.341 e. The molecule has 0 radical (unpaired) electrons. The Kier molecular flexibility index (Phi) is 5.79. The number of hydrogen-bond acceptors (Lipinski definition) is 5. The van der Waals surface area contributed by atoms with Gasteiger partial charge in [-0.1, -0.05) is 35.0 Å². The highest BCUT2D eigenvalue weighted by Crippen LogP contribution is 2.26. The summed E-state index contributed by atoms with van der Waals surface area (Å²) in [5.41, 5.74) is 1.07. The highest BCUT2D eigenvalue weighted by atomic mass is 35.5. The van der Waals surface area contributed by atoms with Gasteiger partial charge in [0, 0.05) is 36.7 Å². The lowest BCUT2D eigenvalue weighted by Crippen LogP contribution is -2.40. The molecule has 1 amide bonds. The topological polar surface area (TPSA) is 59.2 Å². The predicted octanol–water partition coefficient (Wildman–Crippen LogP) is 3.67. The Morgan fingerprint density at radius 3 is 3.04 bits per heavy atom. The van der Waals surface area contributed by atoms with E-state index < -0.39 is 0 Å². The molecule has 0 unspecified atom stereocenters. The molecule has 2 heterocycles. The van der Waals surface area contributed by atoms with Gasteiger partial charge in [-0.15, -0.1) is 11.8 Å². The van der Waals surface area contributed by atoms with Crippen molar-refractivity contribution in [2.24, 2.45) is 0 Å². The number of likely N-dealkylation sites (tertiary alicyclic amines) is 1. The maximum atomic E-state index is 12.5. The van der Waals surface area contributed by atoms with Crippen molar-refractivity contribution in [2.45, 2.75) is 31.4 Å². The smallest absolute Gasteiger partial charge is 0.232 e. The number of hydrogen-bond donors (Lipinski definition) is 0. The number of halogens is 1. The zero-order chi connectivity index (χ0) is 16.9. The Bertz CT molecular complexity index is 707. The van der Waals surface area contributed by atoms with Crippen LogP contribution in [0, 0.1) is 6.92 Å². The first-order valence-electron chi connectivity index (χ1n) is 8.02. The van der Waals surface area contributed by atoms with Crippen molar-refractivity contribution in [3.05, 3.63) is 46.6 Å². The van der Waals surface area contributed by atoms with Crippen LogP contribution < -0.4 is 0 Å². The van der Waals surface area contributed by atoms with E-state index >= 15 is 0 Å². The molecule has 24 heavy (non-hydrogen) atoms. The summed E-state index contributed by atoms with van der Waals surface area (Å²) in [6.45, 7) is 3.26. The van der Waals surface area contributed by atoms with Gasteiger partial charge in [0.2, 0.25) is 11.8 Å². The van der Waals surface area contributed by atoms with E-state index in [1.165, 1.54) is 0 Å². The largest absolute Gasteiger partial charge is 0.341 e. The third-order valence-electron chi connectivity index (χ3n) is 4.12. The van der Waals surface area contributed by atoms with E-state index in [1.54, 1.807) is 18.7 Å². The lowest BCUT2D eigenvalue weighted by molar-refractivity contribution is -0.129. The van der Waals surface area contributed by atoms with Gasteiger partial charge in [0.25, 0.3) is 0 Å². The summed E-state index contributed by atoms with van der Waals surface area (Å²) in [4.78, 5) is 18.7. The van der Waals surface area contributed by atoms with Gasteiger partial charge >= 0.3 is 0 Å². The first-order chi connectivity index (χ1) is 11.6. The van der Waals surface area contributed by atoms with Crippen LogP contribution in [0.4, 0.5) is 0 Å². The van der Waals surface area contributed by atoms with Gasteiger partial charge < -0.3 is 9.42 Å². The number of thioether (sulfide) groups is 1. The number of aryl methyl sites for hydroxylation is 1. The van der Waals surface area contributed by atoms with Crippen molar-refractivity contribution in [1.29, 1.82) is 0 Å². The molecule has 7 heteroatoms. The molecule has 0 bridgehead atoms. The van der Waals surface area contributed by atoms with E-state index in [4.69, 9.17) is 16.1 Å². The van der Waals surface area contributed by atoms with Crippen molar-refractivity contribution in [2.75, 3.05) is 18.8 Å². The standard InChI is InChI=1S/C17H20ClN3O2S/c1-12-19-17(20-23-12)13-6-4-8-21(9-13)16(22)11-24-10-14-5-2-3-7-15(14)18/h2-3,5,7,13H,4,6,8-11H2,1H3/t13-/m0/s1. The van der Waals surface area contributed by atoms with Gasteiger partial charge in [0.05, 0.1) is 5.75 Å². The molecule has 1 aliphatic heterocycles. The lowest BCUT2D eigenvalue weighted by Gasteiger charge is -2.31. The third kappa shape index (κ3) is 4.30. The molecule has 1 atom stereocenters. The molecule has 128 valence electrons. The van der Waals surface area contributed by atoms with E-state index in [9.17, 15) is 4.79 Å². The van der Waals surface area contributed by atoms with E-state index in [1.807, 2.05) is 29.2 Å².